The standard InChI is InChI=1S/C15H12ClN3O/c16-12-3-1-2-11(7-12)15(20)17-8-10-4-5-13-14(6-10)19-9-18-13/h1-7,9H,8H2,(H,17,20)(H,18,19). The van der Waals surface area contributed by atoms with Gasteiger partial charge in [0.15, 0.2) is 0 Å². The van der Waals surface area contributed by atoms with Gasteiger partial charge in [0.1, 0.15) is 0 Å². The van der Waals surface area contributed by atoms with E-state index in [1.807, 2.05) is 18.2 Å². The van der Waals surface area contributed by atoms with Crippen LogP contribution in [-0.2, 0) is 6.54 Å². The molecule has 3 rings (SSSR count). The predicted octanol–water partition coefficient (Wildman–Crippen LogP) is 3.15. The van der Waals surface area contributed by atoms with E-state index in [-0.39, 0.29) is 5.91 Å². The molecule has 1 heterocycles. The molecule has 0 aliphatic rings. The number of benzene rings is 2. The first kappa shape index (κ1) is 12.7. The first-order chi connectivity index (χ1) is 9.72. The summed E-state index contributed by atoms with van der Waals surface area (Å²) in [5.74, 6) is -0.141. The van der Waals surface area contributed by atoms with E-state index >= 15 is 0 Å². The maximum atomic E-state index is 12.0. The fourth-order valence-electron chi connectivity index (χ4n) is 2.01. The maximum absolute atomic E-state index is 12.0. The summed E-state index contributed by atoms with van der Waals surface area (Å²) in [5, 5.41) is 3.42. The van der Waals surface area contributed by atoms with Gasteiger partial charge >= 0.3 is 0 Å². The lowest BCUT2D eigenvalue weighted by Crippen LogP contribution is -2.22. The van der Waals surface area contributed by atoms with E-state index in [0.717, 1.165) is 16.6 Å². The molecule has 100 valence electrons. The molecule has 1 aromatic heterocycles. The van der Waals surface area contributed by atoms with Gasteiger partial charge in [0.05, 0.1) is 17.4 Å². The summed E-state index contributed by atoms with van der Waals surface area (Å²) in [5.41, 5.74) is 3.44. The van der Waals surface area contributed by atoms with Gasteiger partial charge < -0.3 is 10.3 Å². The van der Waals surface area contributed by atoms with Crippen molar-refractivity contribution >= 4 is 28.5 Å². The lowest BCUT2D eigenvalue weighted by Gasteiger charge is -2.06. The van der Waals surface area contributed by atoms with Gasteiger partial charge in [0.25, 0.3) is 5.91 Å². The van der Waals surface area contributed by atoms with Crippen LogP contribution in [0.3, 0.4) is 0 Å². The van der Waals surface area contributed by atoms with E-state index in [4.69, 9.17) is 11.6 Å². The number of halogens is 1. The zero-order valence-corrected chi connectivity index (χ0v) is 11.3. The van der Waals surface area contributed by atoms with Crippen LogP contribution < -0.4 is 5.32 Å². The van der Waals surface area contributed by atoms with E-state index < -0.39 is 0 Å². The fraction of sp³-hybridized carbons (Fsp3) is 0.0667. The van der Waals surface area contributed by atoms with Crippen LogP contribution in [0.4, 0.5) is 0 Å². The average molecular weight is 286 g/mol. The number of imidazole rings is 1. The summed E-state index contributed by atoms with van der Waals surface area (Å²) < 4.78 is 0. The van der Waals surface area contributed by atoms with Crippen LogP contribution in [0, 0.1) is 0 Å². The number of amides is 1. The van der Waals surface area contributed by atoms with Crippen molar-refractivity contribution in [1.29, 1.82) is 0 Å². The fourth-order valence-corrected chi connectivity index (χ4v) is 2.20. The molecule has 2 aromatic carbocycles. The van der Waals surface area contributed by atoms with Crippen molar-refractivity contribution in [1.82, 2.24) is 15.3 Å². The highest BCUT2D eigenvalue weighted by Gasteiger charge is 2.06. The van der Waals surface area contributed by atoms with Gasteiger partial charge in [0.2, 0.25) is 0 Å². The van der Waals surface area contributed by atoms with Crippen LogP contribution in [0.1, 0.15) is 15.9 Å². The molecular formula is C15H12ClN3O. The van der Waals surface area contributed by atoms with Crippen molar-refractivity contribution in [3.63, 3.8) is 0 Å². The lowest BCUT2D eigenvalue weighted by molar-refractivity contribution is 0.0951. The lowest BCUT2D eigenvalue weighted by atomic mass is 10.2. The van der Waals surface area contributed by atoms with E-state index in [0.29, 0.717) is 17.1 Å². The first-order valence-electron chi connectivity index (χ1n) is 6.18. The number of aromatic amines is 1. The number of nitrogens with zero attached hydrogens (tertiary/aromatic N) is 1. The highest BCUT2D eigenvalue weighted by Crippen LogP contribution is 2.13. The molecule has 4 nitrogen and oxygen atoms in total. The minimum Gasteiger partial charge on any atom is -0.348 e. The molecular weight excluding hydrogens is 274 g/mol. The van der Waals surface area contributed by atoms with Gasteiger partial charge in [-0.05, 0) is 35.9 Å². The van der Waals surface area contributed by atoms with Gasteiger partial charge in [-0.1, -0.05) is 23.7 Å². The summed E-state index contributed by atoms with van der Waals surface area (Å²) in [6.07, 6.45) is 1.65. The molecule has 0 aliphatic heterocycles. The molecule has 1 amide bonds. The number of carbonyl (C=O) groups is 1. The van der Waals surface area contributed by atoms with Gasteiger partial charge in [-0.2, -0.15) is 0 Å². The highest BCUT2D eigenvalue weighted by molar-refractivity contribution is 6.30. The quantitative estimate of drug-likeness (QED) is 0.777. The SMILES string of the molecule is O=C(NCc1ccc2nc[nH]c2c1)c1cccc(Cl)c1. The van der Waals surface area contributed by atoms with Crippen LogP contribution >= 0.6 is 11.6 Å². The third-order valence-electron chi connectivity index (χ3n) is 3.02. The zero-order chi connectivity index (χ0) is 13.9. The van der Waals surface area contributed by atoms with Crippen molar-refractivity contribution in [2.75, 3.05) is 0 Å². The van der Waals surface area contributed by atoms with Gasteiger partial charge in [-0.3, -0.25) is 4.79 Å². The Labute approximate surface area is 120 Å². The Hall–Kier alpha value is -2.33. The van der Waals surface area contributed by atoms with Crippen molar-refractivity contribution in [2.24, 2.45) is 0 Å². The second kappa shape index (κ2) is 5.35. The molecule has 3 aromatic rings. The number of aromatic nitrogens is 2. The van der Waals surface area contributed by atoms with Crippen LogP contribution in [0.15, 0.2) is 48.8 Å². The van der Waals surface area contributed by atoms with E-state index in [1.165, 1.54) is 0 Å². The summed E-state index contributed by atoms with van der Waals surface area (Å²) in [7, 11) is 0. The topological polar surface area (TPSA) is 57.8 Å². The predicted molar refractivity (Wildman–Crippen MR) is 78.7 cm³/mol. The number of hydrogen-bond acceptors (Lipinski definition) is 2. The maximum Gasteiger partial charge on any atom is 0.251 e. The monoisotopic (exact) mass is 285 g/mol. The second-order valence-electron chi connectivity index (χ2n) is 4.45. The molecule has 0 atom stereocenters. The molecule has 0 spiro atoms. The average Bonchev–Trinajstić information content (AvgIpc) is 2.92. The van der Waals surface area contributed by atoms with E-state index in [2.05, 4.69) is 15.3 Å². The molecule has 0 fully saturated rings. The van der Waals surface area contributed by atoms with Gasteiger partial charge in [-0.15, -0.1) is 0 Å². The zero-order valence-electron chi connectivity index (χ0n) is 10.6. The molecule has 0 radical (unpaired) electrons. The van der Waals surface area contributed by atoms with E-state index in [1.54, 1.807) is 30.6 Å². The minimum absolute atomic E-state index is 0.141. The second-order valence-corrected chi connectivity index (χ2v) is 4.88. The molecule has 0 bridgehead atoms. The molecule has 20 heavy (non-hydrogen) atoms. The Balaban J connectivity index is 1.71. The largest absolute Gasteiger partial charge is 0.348 e. The minimum atomic E-state index is -0.141. The Morgan fingerprint density at radius 2 is 2.15 bits per heavy atom. The number of fused-ring (bicyclic) bond motifs is 1. The summed E-state index contributed by atoms with van der Waals surface area (Å²) in [4.78, 5) is 19.2. The molecule has 5 heteroatoms. The smallest absolute Gasteiger partial charge is 0.251 e. The molecule has 0 saturated heterocycles. The number of nitrogens with one attached hydrogen (secondary N) is 2. The van der Waals surface area contributed by atoms with Crippen molar-refractivity contribution in [2.45, 2.75) is 6.54 Å². The molecule has 0 aliphatic carbocycles. The first-order valence-corrected chi connectivity index (χ1v) is 6.56. The van der Waals surface area contributed by atoms with Gasteiger partial charge in [-0.25, -0.2) is 4.98 Å². The van der Waals surface area contributed by atoms with Crippen LogP contribution in [0.5, 0.6) is 0 Å². The van der Waals surface area contributed by atoms with Crippen LogP contribution in [-0.4, -0.2) is 15.9 Å². The molecule has 0 unspecified atom stereocenters. The normalized spacial score (nSPS) is 10.7. The van der Waals surface area contributed by atoms with Crippen molar-refractivity contribution in [3.8, 4) is 0 Å². The summed E-state index contributed by atoms with van der Waals surface area (Å²) in [6.45, 7) is 0.459. The summed E-state index contributed by atoms with van der Waals surface area (Å²) >= 11 is 5.87. The Morgan fingerprint density at radius 3 is 3.00 bits per heavy atom. The van der Waals surface area contributed by atoms with Gasteiger partial charge in [0, 0.05) is 17.1 Å². The number of H-pyrrole nitrogens is 1. The van der Waals surface area contributed by atoms with E-state index in [9.17, 15) is 4.79 Å². The number of hydrogen-bond donors (Lipinski definition) is 2. The number of rotatable bonds is 3. The Morgan fingerprint density at radius 1 is 1.25 bits per heavy atom. The highest BCUT2D eigenvalue weighted by atomic mass is 35.5. The van der Waals surface area contributed by atoms with Crippen molar-refractivity contribution in [3.05, 3.63) is 64.9 Å². The Kier molecular flexibility index (Phi) is 3.39. The van der Waals surface area contributed by atoms with Crippen molar-refractivity contribution < 1.29 is 4.79 Å². The summed E-state index contributed by atoms with van der Waals surface area (Å²) in [6, 6.07) is 12.7. The third kappa shape index (κ3) is 2.65. The molecule has 2 N–H and O–H groups in total. The molecule has 0 saturated carbocycles. The van der Waals surface area contributed by atoms with Crippen LogP contribution in [0.2, 0.25) is 5.02 Å². The number of carbonyl (C=O) groups excluding carboxylic acids is 1. The van der Waals surface area contributed by atoms with Crippen LogP contribution in [0.25, 0.3) is 11.0 Å². The Bertz CT molecular complexity index is 766. The third-order valence-corrected chi connectivity index (χ3v) is 3.26.